The number of benzene rings is 1. The van der Waals surface area contributed by atoms with Crippen molar-refractivity contribution in [3.05, 3.63) is 41.6 Å². The van der Waals surface area contributed by atoms with E-state index in [0.29, 0.717) is 6.54 Å². The summed E-state index contributed by atoms with van der Waals surface area (Å²) in [7, 11) is 1.39. The molecule has 0 aliphatic carbocycles. The lowest BCUT2D eigenvalue weighted by Crippen LogP contribution is -2.26. The summed E-state index contributed by atoms with van der Waals surface area (Å²) in [5, 5.41) is 0. The maximum absolute atomic E-state index is 11.2. The van der Waals surface area contributed by atoms with Crippen molar-refractivity contribution in [1.82, 2.24) is 4.90 Å². The van der Waals surface area contributed by atoms with Crippen molar-refractivity contribution in [2.75, 3.05) is 7.11 Å². The molecule has 0 fully saturated rings. The van der Waals surface area contributed by atoms with E-state index in [9.17, 15) is 4.79 Å². The van der Waals surface area contributed by atoms with Crippen LogP contribution in [0.1, 0.15) is 11.1 Å². The molecule has 0 atom stereocenters. The van der Waals surface area contributed by atoms with Crippen LogP contribution in [0, 0.1) is 0 Å². The third-order valence-corrected chi connectivity index (χ3v) is 2.24. The van der Waals surface area contributed by atoms with Gasteiger partial charge in [-0.25, -0.2) is 4.79 Å². The van der Waals surface area contributed by atoms with Crippen molar-refractivity contribution in [1.29, 1.82) is 0 Å². The standard InChI is InChI=1S/C11H11NO2/c1-14-11(13)12-7-6-9-4-2-3-5-10(9)8-12/h2-7H,8H2,1H3. The van der Waals surface area contributed by atoms with E-state index in [1.807, 2.05) is 30.3 Å². The Morgan fingerprint density at radius 3 is 3.00 bits per heavy atom. The summed E-state index contributed by atoms with van der Waals surface area (Å²) < 4.78 is 4.64. The summed E-state index contributed by atoms with van der Waals surface area (Å²) in [6.45, 7) is 0.583. The Kier molecular flexibility index (Phi) is 2.23. The molecule has 1 aliphatic rings. The van der Waals surface area contributed by atoms with E-state index < -0.39 is 0 Å². The van der Waals surface area contributed by atoms with Gasteiger partial charge in [-0.2, -0.15) is 0 Å². The Labute approximate surface area is 82.6 Å². The van der Waals surface area contributed by atoms with E-state index in [1.54, 1.807) is 11.1 Å². The molecule has 0 unspecified atom stereocenters. The third kappa shape index (κ3) is 1.48. The number of carbonyl (C=O) groups excluding carboxylic acids is 1. The smallest absolute Gasteiger partial charge is 0.413 e. The first-order chi connectivity index (χ1) is 6.81. The number of nitrogens with zero attached hydrogens (tertiary/aromatic N) is 1. The molecule has 0 saturated carbocycles. The van der Waals surface area contributed by atoms with E-state index >= 15 is 0 Å². The summed E-state index contributed by atoms with van der Waals surface area (Å²) in [5.74, 6) is 0. The minimum Gasteiger partial charge on any atom is -0.452 e. The summed E-state index contributed by atoms with van der Waals surface area (Å²) in [4.78, 5) is 12.8. The molecule has 1 aliphatic heterocycles. The van der Waals surface area contributed by atoms with Gasteiger partial charge in [-0.3, -0.25) is 4.90 Å². The maximum Gasteiger partial charge on any atom is 0.413 e. The van der Waals surface area contributed by atoms with Gasteiger partial charge in [-0.15, -0.1) is 0 Å². The molecule has 3 heteroatoms. The molecule has 1 amide bonds. The van der Waals surface area contributed by atoms with Gasteiger partial charge in [0.25, 0.3) is 0 Å². The van der Waals surface area contributed by atoms with Gasteiger partial charge in [0.15, 0.2) is 0 Å². The predicted molar refractivity (Wildman–Crippen MR) is 53.4 cm³/mol. The predicted octanol–water partition coefficient (Wildman–Crippen LogP) is 2.24. The zero-order valence-corrected chi connectivity index (χ0v) is 7.93. The molecule has 72 valence electrons. The molecule has 0 saturated heterocycles. The van der Waals surface area contributed by atoms with Crippen molar-refractivity contribution in [3.8, 4) is 0 Å². The van der Waals surface area contributed by atoms with Gasteiger partial charge in [-0.1, -0.05) is 24.3 Å². The van der Waals surface area contributed by atoms with Crippen molar-refractivity contribution >= 4 is 12.2 Å². The van der Waals surface area contributed by atoms with Gasteiger partial charge in [0.05, 0.1) is 13.7 Å². The fraction of sp³-hybridized carbons (Fsp3) is 0.182. The molecule has 0 aromatic heterocycles. The lowest BCUT2D eigenvalue weighted by molar-refractivity contribution is 0.138. The van der Waals surface area contributed by atoms with Crippen LogP contribution in [0.25, 0.3) is 6.08 Å². The quantitative estimate of drug-likeness (QED) is 0.626. The van der Waals surface area contributed by atoms with Crippen LogP contribution in [-0.2, 0) is 11.3 Å². The molecule has 2 rings (SSSR count). The second kappa shape index (κ2) is 3.54. The van der Waals surface area contributed by atoms with Crippen molar-refractivity contribution in [3.63, 3.8) is 0 Å². The van der Waals surface area contributed by atoms with E-state index in [0.717, 1.165) is 11.1 Å². The van der Waals surface area contributed by atoms with Crippen molar-refractivity contribution in [2.24, 2.45) is 0 Å². The molecular weight excluding hydrogens is 178 g/mol. The monoisotopic (exact) mass is 189 g/mol. The normalized spacial score (nSPS) is 13.6. The van der Waals surface area contributed by atoms with E-state index in [-0.39, 0.29) is 6.09 Å². The molecule has 1 aromatic rings. The van der Waals surface area contributed by atoms with Crippen LogP contribution in [-0.4, -0.2) is 18.1 Å². The minimum atomic E-state index is -0.323. The number of ether oxygens (including phenoxy) is 1. The fourth-order valence-electron chi connectivity index (χ4n) is 1.49. The Morgan fingerprint density at radius 1 is 1.43 bits per heavy atom. The van der Waals surface area contributed by atoms with Crippen LogP contribution >= 0.6 is 0 Å². The first-order valence-electron chi connectivity index (χ1n) is 4.42. The van der Waals surface area contributed by atoms with Crippen LogP contribution in [0.2, 0.25) is 0 Å². The average molecular weight is 189 g/mol. The highest BCUT2D eigenvalue weighted by Crippen LogP contribution is 2.19. The number of carbonyl (C=O) groups is 1. The SMILES string of the molecule is COC(=O)N1C=Cc2ccccc2C1. The Bertz CT molecular complexity index is 385. The largest absolute Gasteiger partial charge is 0.452 e. The Morgan fingerprint density at radius 2 is 2.21 bits per heavy atom. The van der Waals surface area contributed by atoms with Crippen LogP contribution < -0.4 is 0 Å². The van der Waals surface area contributed by atoms with E-state index in [4.69, 9.17) is 0 Å². The van der Waals surface area contributed by atoms with Gasteiger partial charge in [0.1, 0.15) is 0 Å². The first kappa shape index (κ1) is 8.81. The molecular formula is C11H11NO2. The van der Waals surface area contributed by atoms with Crippen molar-refractivity contribution < 1.29 is 9.53 Å². The second-order valence-electron chi connectivity index (χ2n) is 3.11. The lowest BCUT2D eigenvalue weighted by Gasteiger charge is -2.21. The summed E-state index contributed by atoms with van der Waals surface area (Å²) in [5.41, 5.74) is 2.30. The third-order valence-electron chi connectivity index (χ3n) is 2.24. The number of hydrogen-bond donors (Lipinski definition) is 0. The van der Waals surface area contributed by atoms with Crippen LogP contribution in [0.4, 0.5) is 4.79 Å². The molecule has 0 bridgehead atoms. The van der Waals surface area contributed by atoms with Gasteiger partial charge < -0.3 is 4.74 Å². The molecule has 0 radical (unpaired) electrons. The number of methoxy groups -OCH3 is 1. The molecule has 14 heavy (non-hydrogen) atoms. The zero-order chi connectivity index (χ0) is 9.97. The number of amides is 1. The van der Waals surface area contributed by atoms with Gasteiger partial charge in [0.2, 0.25) is 0 Å². The second-order valence-corrected chi connectivity index (χ2v) is 3.11. The summed E-state index contributed by atoms with van der Waals surface area (Å²) in [6.07, 6.45) is 3.33. The molecule has 0 N–H and O–H groups in total. The summed E-state index contributed by atoms with van der Waals surface area (Å²) in [6, 6.07) is 7.99. The summed E-state index contributed by atoms with van der Waals surface area (Å²) >= 11 is 0. The first-order valence-corrected chi connectivity index (χ1v) is 4.42. The highest BCUT2D eigenvalue weighted by atomic mass is 16.5. The highest BCUT2D eigenvalue weighted by molar-refractivity contribution is 5.72. The topological polar surface area (TPSA) is 29.5 Å². The molecule has 0 spiro atoms. The maximum atomic E-state index is 11.2. The minimum absolute atomic E-state index is 0.323. The number of fused-ring (bicyclic) bond motifs is 1. The molecule has 1 heterocycles. The van der Waals surface area contributed by atoms with Gasteiger partial charge in [0, 0.05) is 6.20 Å². The highest BCUT2D eigenvalue weighted by Gasteiger charge is 2.15. The lowest BCUT2D eigenvalue weighted by atomic mass is 10.1. The van der Waals surface area contributed by atoms with Crippen LogP contribution in [0.15, 0.2) is 30.5 Å². The average Bonchev–Trinajstić information content (AvgIpc) is 2.27. The van der Waals surface area contributed by atoms with E-state index in [2.05, 4.69) is 4.74 Å². The van der Waals surface area contributed by atoms with Gasteiger partial charge >= 0.3 is 6.09 Å². The van der Waals surface area contributed by atoms with Crippen molar-refractivity contribution in [2.45, 2.75) is 6.54 Å². The number of hydrogen-bond acceptors (Lipinski definition) is 2. The Balaban J connectivity index is 2.25. The van der Waals surface area contributed by atoms with Gasteiger partial charge in [-0.05, 0) is 17.2 Å². The van der Waals surface area contributed by atoms with Crippen LogP contribution in [0.3, 0.4) is 0 Å². The number of rotatable bonds is 0. The molecule has 1 aromatic carbocycles. The fourth-order valence-corrected chi connectivity index (χ4v) is 1.49. The molecule has 3 nitrogen and oxygen atoms in total. The Hall–Kier alpha value is -1.77. The zero-order valence-electron chi connectivity index (χ0n) is 7.93. The van der Waals surface area contributed by atoms with Crippen LogP contribution in [0.5, 0.6) is 0 Å². The van der Waals surface area contributed by atoms with E-state index in [1.165, 1.54) is 7.11 Å².